The fourth-order valence-electron chi connectivity index (χ4n) is 1.45. The van der Waals surface area contributed by atoms with Gasteiger partial charge in [0.1, 0.15) is 0 Å². The van der Waals surface area contributed by atoms with E-state index < -0.39 is 0 Å². The molecule has 0 aliphatic heterocycles. The summed E-state index contributed by atoms with van der Waals surface area (Å²) in [5, 5.41) is 0.770. The van der Waals surface area contributed by atoms with Gasteiger partial charge in [-0.1, -0.05) is 29.8 Å². The first-order valence-corrected chi connectivity index (χ1v) is 4.90. The summed E-state index contributed by atoms with van der Waals surface area (Å²) < 4.78 is 0. The van der Waals surface area contributed by atoms with Crippen LogP contribution in [0.2, 0.25) is 5.02 Å². The van der Waals surface area contributed by atoms with Crippen LogP contribution in [0.3, 0.4) is 0 Å². The Kier molecular flexibility index (Phi) is 4.14. The van der Waals surface area contributed by atoms with Crippen LogP contribution in [0.1, 0.15) is 23.6 Å². The number of hydrazine groups is 1. The Bertz CT molecular complexity index is 323. The first kappa shape index (κ1) is 11.2. The number of hydrogen-bond acceptors (Lipinski definition) is 2. The van der Waals surface area contributed by atoms with Gasteiger partial charge in [-0.15, -0.1) is 6.58 Å². The highest BCUT2D eigenvalue weighted by Crippen LogP contribution is 2.25. The van der Waals surface area contributed by atoms with E-state index in [2.05, 4.69) is 12.0 Å². The fourth-order valence-corrected chi connectivity index (χ4v) is 1.63. The summed E-state index contributed by atoms with van der Waals surface area (Å²) in [6, 6.07) is 5.92. The zero-order valence-electron chi connectivity index (χ0n) is 8.26. The number of halogens is 1. The van der Waals surface area contributed by atoms with E-state index >= 15 is 0 Å². The smallest absolute Gasteiger partial charge is 0.0497 e. The third-order valence-corrected chi connectivity index (χ3v) is 2.70. The van der Waals surface area contributed by atoms with Crippen molar-refractivity contribution in [2.75, 3.05) is 0 Å². The molecule has 0 saturated heterocycles. The van der Waals surface area contributed by atoms with E-state index in [1.807, 2.05) is 31.2 Å². The summed E-state index contributed by atoms with van der Waals surface area (Å²) in [5.41, 5.74) is 4.95. The Morgan fingerprint density at radius 1 is 1.64 bits per heavy atom. The third kappa shape index (κ3) is 2.35. The van der Waals surface area contributed by atoms with E-state index in [0.29, 0.717) is 0 Å². The van der Waals surface area contributed by atoms with Crippen LogP contribution in [0.4, 0.5) is 0 Å². The van der Waals surface area contributed by atoms with Crippen molar-refractivity contribution in [2.45, 2.75) is 19.4 Å². The van der Waals surface area contributed by atoms with Crippen LogP contribution in [0.15, 0.2) is 30.9 Å². The van der Waals surface area contributed by atoms with Gasteiger partial charge in [-0.2, -0.15) is 0 Å². The second-order valence-electron chi connectivity index (χ2n) is 3.20. The Balaban J connectivity index is 3.03. The molecule has 14 heavy (non-hydrogen) atoms. The molecule has 0 radical (unpaired) electrons. The average Bonchev–Trinajstić information content (AvgIpc) is 2.19. The second kappa shape index (κ2) is 5.15. The maximum atomic E-state index is 6.02. The minimum Gasteiger partial charge on any atom is -0.271 e. The van der Waals surface area contributed by atoms with Crippen LogP contribution >= 0.6 is 11.6 Å². The SMILES string of the molecule is C=CCC(NN)c1cccc(Cl)c1C. The first-order chi connectivity index (χ1) is 6.70. The molecule has 0 saturated carbocycles. The van der Waals surface area contributed by atoms with Crippen molar-refractivity contribution in [3.63, 3.8) is 0 Å². The van der Waals surface area contributed by atoms with Crippen LogP contribution in [-0.2, 0) is 0 Å². The van der Waals surface area contributed by atoms with Crippen LogP contribution < -0.4 is 11.3 Å². The highest BCUT2D eigenvalue weighted by atomic mass is 35.5. The molecule has 0 aromatic heterocycles. The van der Waals surface area contributed by atoms with E-state index in [9.17, 15) is 0 Å². The van der Waals surface area contributed by atoms with Crippen molar-refractivity contribution >= 4 is 11.6 Å². The molecule has 0 aliphatic rings. The quantitative estimate of drug-likeness (QED) is 0.456. The fraction of sp³-hybridized carbons (Fsp3) is 0.273. The molecule has 0 spiro atoms. The summed E-state index contributed by atoms with van der Waals surface area (Å²) in [5.74, 6) is 5.47. The van der Waals surface area contributed by atoms with Gasteiger partial charge in [-0.3, -0.25) is 11.3 Å². The molecule has 1 unspecified atom stereocenters. The van der Waals surface area contributed by atoms with Crippen LogP contribution in [0, 0.1) is 6.92 Å². The highest BCUT2D eigenvalue weighted by Gasteiger charge is 2.11. The van der Waals surface area contributed by atoms with Crippen LogP contribution in [0.5, 0.6) is 0 Å². The van der Waals surface area contributed by atoms with E-state index in [0.717, 1.165) is 22.6 Å². The molecule has 0 amide bonds. The number of nitrogens with one attached hydrogen (secondary N) is 1. The molecule has 3 heteroatoms. The van der Waals surface area contributed by atoms with Crippen LogP contribution in [-0.4, -0.2) is 0 Å². The normalized spacial score (nSPS) is 12.5. The minimum atomic E-state index is 0.0891. The molecule has 1 atom stereocenters. The summed E-state index contributed by atoms with van der Waals surface area (Å²) in [4.78, 5) is 0. The first-order valence-electron chi connectivity index (χ1n) is 4.52. The molecule has 1 rings (SSSR count). The predicted molar refractivity (Wildman–Crippen MR) is 61.1 cm³/mol. The Morgan fingerprint density at radius 2 is 2.36 bits per heavy atom. The maximum Gasteiger partial charge on any atom is 0.0497 e. The lowest BCUT2D eigenvalue weighted by atomic mass is 9.99. The summed E-state index contributed by atoms with van der Waals surface area (Å²) in [7, 11) is 0. The topological polar surface area (TPSA) is 38.0 Å². The molecule has 76 valence electrons. The lowest BCUT2D eigenvalue weighted by Gasteiger charge is -2.17. The minimum absolute atomic E-state index is 0.0891. The van der Waals surface area contributed by atoms with Crippen molar-refractivity contribution in [3.05, 3.63) is 47.0 Å². The number of benzene rings is 1. The Labute approximate surface area is 89.7 Å². The maximum absolute atomic E-state index is 6.02. The molecule has 0 aliphatic carbocycles. The summed E-state index contributed by atoms with van der Waals surface area (Å²) in [6.45, 7) is 5.69. The van der Waals surface area contributed by atoms with Gasteiger partial charge in [0.25, 0.3) is 0 Å². The zero-order valence-corrected chi connectivity index (χ0v) is 9.01. The van der Waals surface area contributed by atoms with Crippen molar-refractivity contribution in [1.29, 1.82) is 0 Å². The highest BCUT2D eigenvalue weighted by molar-refractivity contribution is 6.31. The van der Waals surface area contributed by atoms with Gasteiger partial charge in [-0.05, 0) is 30.5 Å². The largest absolute Gasteiger partial charge is 0.271 e. The number of hydrogen-bond donors (Lipinski definition) is 2. The monoisotopic (exact) mass is 210 g/mol. The average molecular weight is 211 g/mol. The predicted octanol–water partition coefficient (Wildman–Crippen LogP) is 2.73. The van der Waals surface area contributed by atoms with E-state index in [1.54, 1.807) is 0 Å². The molecule has 2 nitrogen and oxygen atoms in total. The molecular formula is C11H15ClN2. The Morgan fingerprint density at radius 3 is 2.93 bits per heavy atom. The van der Waals surface area contributed by atoms with Crippen molar-refractivity contribution in [1.82, 2.24) is 5.43 Å². The molecule has 1 aromatic rings. The van der Waals surface area contributed by atoms with Crippen molar-refractivity contribution in [3.8, 4) is 0 Å². The van der Waals surface area contributed by atoms with Gasteiger partial charge in [0, 0.05) is 11.1 Å². The molecule has 3 N–H and O–H groups in total. The molecule has 0 fully saturated rings. The van der Waals surface area contributed by atoms with Gasteiger partial charge < -0.3 is 0 Å². The van der Waals surface area contributed by atoms with Crippen molar-refractivity contribution in [2.24, 2.45) is 5.84 Å². The lowest BCUT2D eigenvalue weighted by Crippen LogP contribution is -2.28. The van der Waals surface area contributed by atoms with E-state index in [-0.39, 0.29) is 6.04 Å². The van der Waals surface area contributed by atoms with E-state index in [4.69, 9.17) is 17.4 Å². The third-order valence-electron chi connectivity index (χ3n) is 2.29. The van der Waals surface area contributed by atoms with Gasteiger partial charge in [0.2, 0.25) is 0 Å². The molecule has 0 heterocycles. The number of rotatable bonds is 4. The van der Waals surface area contributed by atoms with Gasteiger partial charge in [-0.25, -0.2) is 0 Å². The van der Waals surface area contributed by atoms with Gasteiger partial charge in [0.15, 0.2) is 0 Å². The van der Waals surface area contributed by atoms with Crippen molar-refractivity contribution < 1.29 is 0 Å². The van der Waals surface area contributed by atoms with Crippen LogP contribution in [0.25, 0.3) is 0 Å². The molecular weight excluding hydrogens is 196 g/mol. The van der Waals surface area contributed by atoms with Gasteiger partial charge in [0.05, 0.1) is 0 Å². The zero-order chi connectivity index (χ0) is 10.6. The lowest BCUT2D eigenvalue weighted by molar-refractivity contribution is 0.559. The van der Waals surface area contributed by atoms with Gasteiger partial charge >= 0.3 is 0 Å². The Hall–Kier alpha value is -0.830. The standard InChI is InChI=1S/C11H15ClN2/c1-3-5-11(14-13)9-6-4-7-10(12)8(9)2/h3-4,6-7,11,14H,1,5,13H2,2H3. The summed E-state index contributed by atoms with van der Waals surface area (Å²) >= 11 is 6.02. The number of nitrogens with two attached hydrogens (primary N) is 1. The molecule has 1 aromatic carbocycles. The summed E-state index contributed by atoms with van der Waals surface area (Å²) in [6.07, 6.45) is 2.63. The van der Waals surface area contributed by atoms with E-state index in [1.165, 1.54) is 0 Å². The molecule has 0 bridgehead atoms. The second-order valence-corrected chi connectivity index (χ2v) is 3.60.